The molecule has 90 valence electrons. The molecular weight excluding hydrogens is 202 g/mol. The number of rotatable bonds is 5. The highest BCUT2D eigenvalue weighted by atomic mass is 16.1. The van der Waals surface area contributed by atoms with Crippen molar-refractivity contribution in [3.63, 3.8) is 0 Å². The molecule has 0 aliphatic heterocycles. The number of hydrogen-bond donors (Lipinski definition) is 2. The Labute approximate surface area is 96.3 Å². The summed E-state index contributed by atoms with van der Waals surface area (Å²) in [6, 6.07) is 1.64. The van der Waals surface area contributed by atoms with Gasteiger partial charge in [0.05, 0.1) is 0 Å². The summed E-state index contributed by atoms with van der Waals surface area (Å²) in [5.41, 5.74) is 6.62. The van der Waals surface area contributed by atoms with Crippen LogP contribution >= 0.6 is 0 Å². The molecule has 16 heavy (non-hydrogen) atoms. The normalized spacial score (nSPS) is 13.1. The molecule has 0 aliphatic carbocycles. The minimum Gasteiger partial charge on any atom is -0.327 e. The molecule has 1 aromatic heterocycles. The van der Waals surface area contributed by atoms with Crippen LogP contribution in [0.2, 0.25) is 0 Å². The van der Waals surface area contributed by atoms with Gasteiger partial charge in [-0.25, -0.2) is 4.98 Å². The van der Waals surface area contributed by atoms with Crippen LogP contribution in [0.1, 0.15) is 38.7 Å². The average molecular weight is 223 g/mol. The second-order valence-corrected chi connectivity index (χ2v) is 4.65. The van der Waals surface area contributed by atoms with Gasteiger partial charge >= 0.3 is 0 Å². The average Bonchev–Trinajstić information content (AvgIpc) is 2.15. The first-order valence-corrected chi connectivity index (χ1v) is 5.86. The Hall–Kier alpha value is -1.16. The first-order valence-electron chi connectivity index (χ1n) is 5.86. The highest BCUT2D eigenvalue weighted by molar-refractivity contribution is 5.04. The second-order valence-electron chi connectivity index (χ2n) is 4.65. The van der Waals surface area contributed by atoms with Crippen molar-refractivity contribution >= 4 is 0 Å². The van der Waals surface area contributed by atoms with Crippen LogP contribution in [-0.4, -0.2) is 16.0 Å². The number of aromatic nitrogens is 2. The fourth-order valence-corrected chi connectivity index (χ4v) is 1.58. The molecule has 1 unspecified atom stereocenters. The third kappa shape index (κ3) is 4.14. The minimum atomic E-state index is -0.0797. The largest absolute Gasteiger partial charge is 0.327 e. The maximum absolute atomic E-state index is 11.4. The molecule has 1 aromatic rings. The SMILES string of the molecule is CCC(N)Cc1nc(CC(C)C)cc(=O)[nH]1. The highest BCUT2D eigenvalue weighted by Crippen LogP contribution is 2.04. The van der Waals surface area contributed by atoms with Crippen LogP contribution in [-0.2, 0) is 12.8 Å². The van der Waals surface area contributed by atoms with E-state index in [0.717, 1.165) is 18.5 Å². The van der Waals surface area contributed by atoms with E-state index in [9.17, 15) is 4.79 Å². The van der Waals surface area contributed by atoms with Gasteiger partial charge < -0.3 is 10.7 Å². The van der Waals surface area contributed by atoms with E-state index in [-0.39, 0.29) is 11.6 Å². The molecule has 0 aromatic carbocycles. The fourth-order valence-electron chi connectivity index (χ4n) is 1.58. The maximum atomic E-state index is 11.4. The predicted octanol–water partition coefficient (Wildman–Crippen LogP) is 1.25. The van der Waals surface area contributed by atoms with Crippen LogP contribution in [0.3, 0.4) is 0 Å². The Morgan fingerprint density at radius 3 is 2.69 bits per heavy atom. The summed E-state index contributed by atoms with van der Waals surface area (Å²) in [6.07, 6.45) is 2.36. The summed E-state index contributed by atoms with van der Waals surface area (Å²) in [5, 5.41) is 0. The van der Waals surface area contributed by atoms with E-state index in [0.29, 0.717) is 18.2 Å². The quantitative estimate of drug-likeness (QED) is 0.789. The van der Waals surface area contributed by atoms with Crippen molar-refractivity contribution in [1.29, 1.82) is 0 Å². The van der Waals surface area contributed by atoms with E-state index in [4.69, 9.17) is 5.73 Å². The summed E-state index contributed by atoms with van der Waals surface area (Å²) in [5.74, 6) is 1.21. The monoisotopic (exact) mass is 223 g/mol. The molecule has 0 spiro atoms. The smallest absolute Gasteiger partial charge is 0.251 e. The molecule has 0 bridgehead atoms. The standard InChI is InChI=1S/C12H21N3O/c1-4-9(13)6-11-14-10(5-8(2)3)7-12(16)15-11/h7-9H,4-6,13H2,1-3H3,(H,14,15,16). The number of hydrogen-bond acceptors (Lipinski definition) is 3. The molecule has 0 saturated carbocycles. The van der Waals surface area contributed by atoms with Crippen LogP contribution in [0.15, 0.2) is 10.9 Å². The van der Waals surface area contributed by atoms with Gasteiger partial charge in [0, 0.05) is 24.2 Å². The van der Waals surface area contributed by atoms with Crippen LogP contribution in [0.25, 0.3) is 0 Å². The van der Waals surface area contributed by atoms with Gasteiger partial charge in [0.15, 0.2) is 0 Å². The zero-order valence-corrected chi connectivity index (χ0v) is 10.3. The first-order chi connectivity index (χ1) is 7.51. The van der Waals surface area contributed by atoms with Crippen LogP contribution in [0.5, 0.6) is 0 Å². The van der Waals surface area contributed by atoms with Crippen molar-refractivity contribution in [2.45, 2.75) is 46.1 Å². The fraction of sp³-hybridized carbons (Fsp3) is 0.667. The van der Waals surface area contributed by atoms with E-state index in [1.165, 1.54) is 0 Å². The lowest BCUT2D eigenvalue weighted by molar-refractivity contribution is 0.603. The van der Waals surface area contributed by atoms with Crippen LogP contribution < -0.4 is 11.3 Å². The molecule has 0 saturated heterocycles. The molecular formula is C12H21N3O. The van der Waals surface area contributed by atoms with E-state index in [1.807, 2.05) is 6.92 Å². The highest BCUT2D eigenvalue weighted by Gasteiger charge is 2.07. The van der Waals surface area contributed by atoms with E-state index in [1.54, 1.807) is 6.07 Å². The number of nitrogens with zero attached hydrogens (tertiary/aromatic N) is 1. The number of H-pyrrole nitrogens is 1. The summed E-state index contributed by atoms with van der Waals surface area (Å²) >= 11 is 0. The Bertz CT molecular complexity index is 384. The van der Waals surface area contributed by atoms with E-state index < -0.39 is 0 Å². The van der Waals surface area contributed by atoms with Gasteiger partial charge in [-0.15, -0.1) is 0 Å². The lowest BCUT2D eigenvalue weighted by Crippen LogP contribution is -2.25. The van der Waals surface area contributed by atoms with Crippen LogP contribution in [0.4, 0.5) is 0 Å². The molecule has 4 nitrogen and oxygen atoms in total. The molecule has 4 heteroatoms. The lowest BCUT2D eigenvalue weighted by Gasteiger charge is -2.09. The van der Waals surface area contributed by atoms with Gasteiger partial charge in [-0.2, -0.15) is 0 Å². The molecule has 0 amide bonds. The predicted molar refractivity (Wildman–Crippen MR) is 65.4 cm³/mol. The van der Waals surface area contributed by atoms with Crippen molar-refractivity contribution in [2.24, 2.45) is 11.7 Å². The van der Waals surface area contributed by atoms with E-state index in [2.05, 4.69) is 23.8 Å². The Morgan fingerprint density at radius 1 is 1.44 bits per heavy atom. The van der Waals surface area contributed by atoms with Gasteiger partial charge in [0.2, 0.25) is 0 Å². The summed E-state index contributed by atoms with van der Waals surface area (Å²) in [6.45, 7) is 6.25. The van der Waals surface area contributed by atoms with Crippen molar-refractivity contribution in [1.82, 2.24) is 9.97 Å². The van der Waals surface area contributed by atoms with Crippen molar-refractivity contribution < 1.29 is 0 Å². The zero-order chi connectivity index (χ0) is 12.1. The maximum Gasteiger partial charge on any atom is 0.251 e. The Morgan fingerprint density at radius 2 is 2.12 bits per heavy atom. The summed E-state index contributed by atoms with van der Waals surface area (Å²) in [4.78, 5) is 18.6. The molecule has 0 aliphatic rings. The number of aromatic amines is 1. The van der Waals surface area contributed by atoms with Gasteiger partial charge in [-0.05, 0) is 18.8 Å². The van der Waals surface area contributed by atoms with Crippen molar-refractivity contribution in [3.05, 3.63) is 27.9 Å². The Balaban J connectivity index is 2.85. The topological polar surface area (TPSA) is 71.8 Å². The van der Waals surface area contributed by atoms with Gasteiger partial charge in [-0.3, -0.25) is 4.79 Å². The number of nitrogens with one attached hydrogen (secondary N) is 1. The van der Waals surface area contributed by atoms with Crippen molar-refractivity contribution in [3.8, 4) is 0 Å². The third-order valence-electron chi connectivity index (χ3n) is 2.44. The van der Waals surface area contributed by atoms with Gasteiger partial charge in [0.25, 0.3) is 5.56 Å². The summed E-state index contributed by atoms with van der Waals surface area (Å²) < 4.78 is 0. The van der Waals surface area contributed by atoms with Gasteiger partial charge in [-0.1, -0.05) is 20.8 Å². The molecule has 3 N–H and O–H groups in total. The summed E-state index contributed by atoms with van der Waals surface area (Å²) in [7, 11) is 0. The molecule has 0 radical (unpaired) electrons. The molecule has 1 heterocycles. The molecule has 1 rings (SSSR count). The second kappa shape index (κ2) is 5.80. The van der Waals surface area contributed by atoms with Crippen molar-refractivity contribution in [2.75, 3.05) is 0 Å². The first kappa shape index (κ1) is 12.9. The Kier molecular flexibility index (Phi) is 4.68. The van der Waals surface area contributed by atoms with Crippen LogP contribution in [0, 0.1) is 5.92 Å². The molecule has 0 fully saturated rings. The van der Waals surface area contributed by atoms with Gasteiger partial charge in [0.1, 0.15) is 5.82 Å². The number of nitrogens with two attached hydrogens (primary N) is 1. The lowest BCUT2D eigenvalue weighted by atomic mass is 10.1. The zero-order valence-electron chi connectivity index (χ0n) is 10.3. The third-order valence-corrected chi connectivity index (χ3v) is 2.44. The minimum absolute atomic E-state index is 0.0671. The van der Waals surface area contributed by atoms with E-state index >= 15 is 0 Å². The molecule has 1 atom stereocenters.